The molecule has 6 rings (SSSR count). The molecule has 4 heterocycles. The molecule has 2 aromatic heterocycles. The van der Waals surface area contributed by atoms with Gasteiger partial charge in [-0.25, -0.2) is 22.5 Å². The van der Waals surface area contributed by atoms with Crippen molar-refractivity contribution in [2.75, 3.05) is 20.1 Å². The number of nitrogens with one attached hydrogen (secondary N) is 3. The second-order valence-corrected chi connectivity index (χ2v) is 17.6. The van der Waals surface area contributed by atoms with E-state index in [1.54, 1.807) is 37.6 Å². The van der Waals surface area contributed by atoms with E-state index in [0.717, 1.165) is 0 Å². The Bertz CT molecular complexity index is 2070. The van der Waals surface area contributed by atoms with Gasteiger partial charge in [0.05, 0.1) is 41.9 Å². The van der Waals surface area contributed by atoms with Crippen LogP contribution in [0.1, 0.15) is 79.7 Å². The first-order chi connectivity index (χ1) is 28.4. The number of fused-ring (bicyclic) bond motifs is 2. The Kier molecular flexibility index (Phi) is 13.8. The molecular formula is C45H59F4N7O4. The van der Waals surface area contributed by atoms with Crippen molar-refractivity contribution < 1.29 is 36.7 Å². The molecule has 15 heteroatoms. The number of Topliss-reactive ketones (excluding diaryl/α,β-unsaturated/α-hetero) is 1. The van der Waals surface area contributed by atoms with Crippen molar-refractivity contribution in [3.63, 3.8) is 0 Å². The molecule has 3 amide bonds. The fourth-order valence-corrected chi connectivity index (χ4v) is 8.73. The van der Waals surface area contributed by atoms with E-state index in [1.165, 1.54) is 34.1 Å². The summed E-state index contributed by atoms with van der Waals surface area (Å²) < 4.78 is 62.4. The smallest absolute Gasteiger partial charge is 0.245 e. The Hall–Kier alpha value is -4.79. The van der Waals surface area contributed by atoms with Crippen molar-refractivity contribution >= 4 is 45.4 Å². The molecule has 3 N–H and O–H groups in total. The van der Waals surface area contributed by atoms with E-state index < -0.39 is 60.0 Å². The fraction of sp³-hybridized carbons (Fsp3) is 0.578. The Morgan fingerprint density at radius 1 is 0.867 bits per heavy atom. The number of rotatable bonds is 16. The molecule has 0 bridgehead atoms. The molecule has 0 unspecified atom stereocenters. The Labute approximate surface area is 349 Å². The van der Waals surface area contributed by atoms with Crippen molar-refractivity contribution in [3.05, 3.63) is 53.6 Å². The van der Waals surface area contributed by atoms with E-state index in [4.69, 9.17) is 4.98 Å². The standard InChI is InChI=1S/C45H59F4N7O4/c1-9-25(6)43(58)53-40(24(4)5)45(60)55-21-30(49)15-32(55)22-56-38-13-11-28(47)17-37(38)52-42(56)41-35(33-12-10-27(46)16-36(33)51-41)18-31-14-29(48)20-54(31)44(59)34(23(2)3)19-39(57)26(7)50-8/h10-13,16-17,23-26,29-32,34,40,50-51H,9,14-15,18-22H2,1-8H3,(H,53,58)/t25-,26+,29+,30+,31+,32+,34+,40+/m1/s1. The molecule has 2 fully saturated rings. The van der Waals surface area contributed by atoms with Crippen LogP contribution in [0.3, 0.4) is 0 Å². The Balaban J connectivity index is 1.41. The summed E-state index contributed by atoms with van der Waals surface area (Å²) in [4.78, 5) is 65.7. The lowest BCUT2D eigenvalue weighted by Crippen LogP contribution is -2.54. The van der Waals surface area contributed by atoms with Crippen molar-refractivity contribution in [2.45, 2.75) is 124 Å². The zero-order valence-corrected chi connectivity index (χ0v) is 35.8. The average Bonchev–Trinajstić information content (AvgIpc) is 3.96. The van der Waals surface area contributed by atoms with Gasteiger partial charge >= 0.3 is 0 Å². The molecule has 0 aliphatic carbocycles. The molecule has 2 aromatic carbocycles. The summed E-state index contributed by atoms with van der Waals surface area (Å²) in [6.07, 6.45) is -1.89. The van der Waals surface area contributed by atoms with Gasteiger partial charge in [-0.05, 0) is 74.5 Å². The molecule has 2 aliphatic heterocycles. The first kappa shape index (κ1) is 44.8. The van der Waals surface area contributed by atoms with Gasteiger partial charge in [-0.15, -0.1) is 0 Å². The number of benzene rings is 2. The van der Waals surface area contributed by atoms with E-state index in [1.807, 2.05) is 34.6 Å². The van der Waals surface area contributed by atoms with Gasteiger partial charge < -0.3 is 30.0 Å². The minimum atomic E-state index is -1.34. The topological polar surface area (TPSA) is 132 Å². The highest BCUT2D eigenvalue weighted by molar-refractivity contribution is 5.93. The number of nitrogens with zero attached hydrogens (tertiary/aromatic N) is 4. The lowest BCUT2D eigenvalue weighted by Gasteiger charge is -2.32. The van der Waals surface area contributed by atoms with Crippen LogP contribution in [0.4, 0.5) is 17.6 Å². The van der Waals surface area contributed by atoms with Gasteiger partial charge in [-0.3, -0.25) is 19.2 Å². The zero-order chi connectivity index (χ0) is 43.7. The van der Waals surface area contributed by atoms with E-state index >= 15 is 8.78 Å². The fourth-order valence-electron chi connectivity index (χ4n) is 8.73. The number of amides is 3. The summed E-state index contributed by atoms with van der Waals surface area (Å²) in [5.41, 5.74) is 2.26. The lowest BCUT2D eigenvalue weighted by atomic mass is 9.87. The number of halogens is 4. The van der Waals surface area contributed by atoms with Crippen LogP contribution in [0.5, 0.6) is 0 Å². The highest BCUT2D eigenvalue weighted by atomic mass is 19.1. The highest BCUT2D eigenvalue weighted by Gasteiger charge is 2.43. The Morgan fingerprint density at radius 2 is 1.50 bits per heavy atom. The number of aromatic amines is 1. The minimum absolute atomic E-state index is 0.000548. The molecule has 2 saturated heterocycles. The summed E-state index contributed by atoms with van der Waals surface area (Å²) in [5, 5.41) is 6.44. The molecule has 0 radical (unpaired) electrons. The maximum absolute atomic E-state index is 15.5. The predicted molar refractivity (Wildman–Crippen MR) is 223 cm³/mol. The molecule has 8 atom stereocenters. The van der Waals surface area contributed by atoms with Crippen LogP contribution < -0.4 is 10.6 Å². The summed E-state index contributed by atoms with van der Waals surface area (Å²) in [5.74, 6) is -3.31. The number of likely N-dealkylation sites (N-methyl/N-ethyl adjacent to an activating group) is 1. The quantitative estimate of drug-likeness (QED) is 0.105. The SMILES string of the molecule is CC[C@@H](C)C(=O)N[C@H](C(=O)N1C[C@@H](F)C[C@H]1Cn1c(-c2[nH]c3cc(F)ccc3c2C[C@@H]2C[C@H](F)CN2C(=O)[C@@H](CC(=O)[C@H](C)NC)C(C)C)nc2cc(F)ccc21)C(C)C. The third kappa shape index (κ3) is 9.25. The number of carbonyl (C=O) groups is 4. The summed E-state index contributed by atoms with van der Waals surface area (Å²) >= 11 is 0. The zero-order valence-electron chi connectivity index (χ0n) is 35.8. The first-order valence-corrected chi connectivity index (χ1v) is 21.3. The Morgan fingerprint density at radius 3 is 2.13 bits per heavy atom. The largest absolute Gasteiger partial charge is 0.352 e. The van der Waals surface area contributed by atoms with Gasteiger partial charge in [0.1, 0.15) is 35.8 Å². The maximum atomic E-state index is 15.5. The van der Waals surface area contributed by atoms with Gasteiger partial charge in [0.15, 0.2) is 5.82 Å². The molecule has 0 spiro atoms. The summed E-state index contributed by atoms with van der Waals surface area (Å²) in [6, 6.07) is 5.73. The number of carbonyl (C=O) groups excluding carboxylic acids is 4. The number of aromatic nitrogens is 3. The van der Waals surface area contributed by atoms with E-state index in [-0.39, 0.29) is 86.2 Å². The third-order valence-electron chi connectivity index (χ3n) is 12.7. The number of imidazole rings is 1. The molecular weight excluding hydrogens is 779 g/mol. The van der Waals surface area contributed by atoms with Crippen LogP contribution >= 0.6 is 0 Å². The number of hydrogen-bond acceptors (Lipinski definition) is 6. The molecule has 11 nitrogen and oxygen atoms in total. The molecule has 4 aromatic rings. The minimum Gasteiger partial charge on any atom is -0.352 e. The van der Waals surface area contributed by atoms with Gasteiger partial charge in [0.2, 0.25) is 17.7 Å². The summed E-state index contributed by atoms with van der Waals surface area (Å²) in [7, 11) is 1.67. The van der Waals surface area contributed by atoms with Gasteiger partial charge in [0, 0.05) is 60.7 Å². The second-order valence-electron chi connectivity index (χ2n) is 17.6. The van der Waals surface area contributed by atoms with Crippen LogP contribution in [0.25, 0.3) is 33.5 Å². The number of hydrogen-bond donors (Lipinski definition) is 3. The molecule has 0 saturated carbocycles. The van der Waals surface area contributed by atoms with Gasteiger partial charge in [-0.2, -0.15) is 0 Å². The predicted octanol–water partition coefficient (Wildman–Crippen LogP) is 6.91. The van der Waals surface area contributed by atoms with Crippen molar-refractivity contribution in [3.8, 4) is 11.5 Å². The molecule has 326 valence electrons. The van der Waals surface area contributed by atoms with Gasteiger partial charge in [0.25, 0.3) is 0 Å². The van der Waals surface area contributed by atoms with Crippen LogP contribution in [0.2, 0.25) is 0 Å². The average molecular weight is 838 g/mol. The molecule has 60 heavy (non-hydrogen) atoms. The van der Waals surface area contributed by atoms with E-state index in [2.05, 4.69) is 15.6 Å². The number of ketones is 1. The lowest BCUT2D eigenvalue weighted by molar-refractivity contribution is -0.140. The van der Waals surface area contributed by atoms with E-state index in [9.17, 15) is 28.0 Å². The normalized spacial score (nSPS) is 21.6. The maximum Gasteiger partial charge on any atom is 0.245 e. The van der Waals surface area contributed by atoms with Crippen molar-refractivity contribution in [1.82, 2.24) is 35.0 Å². The number of alkyl halides is 2. The number of likely N-dealkylation sites (tertiary alicyclic amines) is 2. The first-order valence-electron chi connectivity index (χ1n) is 21.3. The molecule has 2 aliphatic rings. The van der Waals surface area contributed by atoms with E-state index in [0.29, 0.717) is 39.9 Å². The third-order valence-corrected chi connectivity index (χ3v) is 12.7. The monoisotopic (exact) mass is 837 g/mol. The number of H-pyrrole nitrogens is 1. The van der Waals surface area contributed by atoms with Crippen LogP contribution in [-0.2, 0) is 32.1 Å². The van der Waals surface area contributed by atoms with Crippen LogP contribution in [0.15, 0.2) is 36.4 Å². The van der Waals surface area contributed by atoms with Crippen molar-refractivity contribution in [2.24, 2.45) is 23.7 Å². The van der Waals surface area contributed by atoms with Gasteiger partial charge in [-0.1, -0.05) is 41.5 Å². The second kappa shape index (κ2) is 18.4. The summed E-state index contributed by atoms with van der Waals surface area (Å²) in [6.45, 7) is 12.5. The van der Waals surface area contributed by atoms with Crippen LogP contribution in [0, 0.1) is 35.3 Å². The van der Waals surface area contributed by atoms with Crippen LogP contribution in [-0.4, -0.2) is 104 Å². The highest BCUT2D eigenvalue weighted by Crippen LogP contribution is 2.38. The van der Waals surface area contributed by atoms with Crippen molar-refractivity contribution in [1.29, 1.82) is 0 Å².